The summed E-state index contributed by atoms with van der Waals surface area (Å²) in [6, 6.07) is 0. The number of alkyl halides is 1. The van der Waals surface area contributed by atoms with Crippen molar-refractivity contribution >= 4 is 23.0 Å². The lowest BCUT2D eigenvalue weighted by Gasteiger charge is -2.64. The first-order valence-electron chi connectivity index (χ1n) is 6.87. The molecule has 3 aliphatic carbocycles. The molecule has 4 fully saturated rings. The van der Waals surface area contributed by atoms with E-state index in [0.717, 1.165) is 24.0 Å². The average molecular weight is 301 g/mol. The SMILES string of the molecule is CC1(C)C2C[C@H]1C[C@H]1OB(CCCBr)O[C@@]21C. The van der Waals surface area contributed by atoms with Gasteiger partial charge in [0.05, 0.1) is 11.7 Å². The molecule has 1 saturated heterocycles. The summed E-state index contributed by atoms with van der Waals surface area (Å²) in [7, 11) is 0.0395. The summed E-state index contributed by atoms with van der Waals surface area (Å²) in [5, 5.41) is 1.04. The quantitative estimate of drug-likeness (QED) is 0.587. The fourth-order valence-corrected chi connectivity index (χ4v) is 4.64. The van der Waals surface area contributed by atoms with E-state index in [-0.39, 0.29) is 12.7 Å². The lowest BCUT2D eigenvalue weighted by Crippen LogP contribution is -2.65. The van der Waals surface area contributed by atoms with Crippen molar-refractivity contribution in [3.05, 3.63) is 0 Å². The van der Waals surface area contributed by atoms with E-state index in [1.807, 2.05) is 0 Å². The first kappa shape index (κ1) is 12.5. The van der Waals surface area contributed by atoms with Gasteiger partial charge in [0.2, 0.25) is 0 Å². The molecule has 0 radical (unpaired) electrons. The van der Waals surface area contributed by atoms with Crippen LogP contribution in [0.2, 0.25) is 6.32 Å². The molecule has 0 aromatic carbocycles. The van der Waals surface area contributed by atoms with Crippen LogP contribution >= 0.6 is 15.9 Å². The molecule has 4 aliphatic rings. The van der Waals surface area contributed by atoms with E-state index < -0.39 is 0 Å². The van der Waals surface area contributed by atoms with Crippen molar-refractivity contribution in [2.45, 2.75) is 58.1 Å². The van der Waals surface area contributed by atoms with Crippen LogP contribution in [0.3, 0.4) is 0 Å². The van der Waals surface area contributed by atoms with Gasteiger partial charge in [0.15, 0.2) is 0 Å². The molecule has 2 nitrogen and oxygen atoms in total. The van der Waals surface area contributed by atoms with Gasteiger partial charge < -0.3 is 9.31 Å². The largest absolute Gasteiger partial charge is 0.457 e. The molecule has 0 aromatic heterocycles. The van der Waals surface area contributed by atoms with Crippen molar-refractivity contribution in [1.29, 1.82) is 0 Å². The summed E-state index contributed by atoms with van der Waals surface area (Å²) < 4.78 is 12.4. The second-order valence-electron chi connectivity index (χ2n) is 6.73. The van der Waals surface area contributed by atoms with E-state index in [2.05, 4.69) is 36.7 Å². The molecule has 0 amide bonds. The molecular formula is C13H22BBrO2. The van der Waals surface area contributed by atoms with Gasteiger partial charge in [-0.2, -0.15) is 0 Å². The monoisotopic (exact) mass is 300 g/mol. The van der Waals surface area contributed by atoms with Crippen LogP contribution in [0.5, 0.6) is 0 Å². The highest BCUT2D eigenvalue weighted by Crippen LogP contribution is 2.65. The Hall–Kier alpha value is 0.465. The average Bonchev–Trinajstić information content (AvgIpc) is 2.61. The van der Waals surface area contributed by atoms with Crippen LogP contribution in [0.15, 0.2) is 0 Å². The van der Waals surface area contributed by atoms with Crippen LogP contribution < -0.4 is 0 Å². The van der Waals surface area contributed by atoms with E-state index in [0.29, 0.717) is 17.4 Å². The zero-order valence-corrected chi connectivity index (χ0v) is 12.6. The van der Waals surface area contributed by atoms with E-state index in [1.54, 1.807) is 0 Å². The van der Waals surface area contributed by atoms with Crippen molar-refractivity contribution in [2.24, 2.45) is 17.3 Å². The minimum absolute atomic E-state index is 0.0186. The second kappa shape index (κ2) is 3.98. The minimum Gasteiger partial charge on any atom is -0.405 e. The van der Waals surface area contributed by atoms with Gasteiger partial charge in [-0.3, -0.25) is 0 Å². The molecule has 0 N–H and O–H groups in total. The van der Waals surface area contributed by atoms with E-state index in [1.165, 1.54) is 12.8 Å². The molecule has 96 valence electrons. The Kier molecular flexibility index (Phi) is 2.92. The van der Waals surface area contributed by atoms with Crippen molar-refractivity contribution in [3.8, 4) is 0 Å². The number of rotatable bonds is 3. The summed E-state index contributed by atoms with van der Waals surface area (Å²) in [6.45, 7) is 7.10. The Labute approximate surface area is 113 Å². The van der Waals surface area contributed by atoms with E-state index in [9.17, 15) is 0 Å². The molecule has 4 atom stereocenters. The zero-order chi connectivity index (χ0) is 12.3. The maximum atomic E-state index is 6.30. The summed E-state index contributed by atoms with van der Waals surface area (Å²) in [6.07, 6.45) is 5.04. The standard InChI is InChI=1S/C13H22BBrO2/c1-12(2)9-7-10(12)13(3)11(8-9)16-14(17-13)5-4-6-15/h9-11H,4-8H2,1-3H3/t9-,10?,11+,13-/m0/s1. The van der Waals surface area contributed by atoms with Crippen molar-refractivity contribution in [2.75, 3.05) is 5.33 Å². The van der Waals surface area contributed by atoms with Gasteiger partial charge >= 0.3 is 7.12 Å². The Morgan fingerprint density at radius 3 is 2.71 bits per heavy atom. The lowest BCUT2D eigenvalue weighted by molar-refractivity contribution is -0.199. The molecule has 4 rings (SSSR count). The minimum atomic E-state index is -0.0186. The van der Waals surface area contributed by atoms with Gasteiger partial charge in [0, 0.05) is 5.33 Å². The predicted octanol–water partition coefficient (Wildman–Crippen LogP) is 3.50. The van der Waals surface area contributed by atoms with Gasteiger partial charge in [0.25, 0.3) is 0 Å². The van der Waals surface area contributed by atoms with Crippen LogP contribution in [-0.2, 0) is 9.31 Å². The van der Waals surface area contributed by atoms with Gasteiger partial charge in [-0.1, -0.05) is 29.8 Å². The number of hydrogen-bond acceptors (Lipinski definition) is 2. The van der Waals surface area contributed by atoms with Crippen molar-refractivity contribution < 1.29 is 9.31 Å². The second-order valence-corrected chi connectivity index (χ2v) is 7.52. The molecule has 0 aromatic rings. The van der Waals surface area contributed by atoms with Crippen LogP contribution in [0.4, 0.5) is 0 Å². The molecule has 2 bridgehead atoms. The summed E-state index contributed by atoms with van der Waals surface area (Å²) in [4.78, 5) is 0. The highest BCUT2D eigenvalue weighted by molar-refractivity contribution is 9.09. The number of hydrogen-bond donors (Lipinski definition) is 0. The molecule has 1 unspecified atom stereocenters. The first-order valence-corrected chi connectivity index (χ1v) is 8.00. The van der Waals surface area contributed by atoms with Gasteiger partial charge in [-0.25, -0.2) is 0 Å². The van der Waals surface area contributed by atoms with Crippen LogP contribution in [0.25, 0.3) is 0 Å². The van der Waals surface area contributed by atoms with Crippen LogP contribution in [0, 0.1) is 17.3 Å². The molecule has 1 aliphatic heterocycles. The Morgan fingerprint density at radius 1 is 1.29 bits per heavy atom. The third-order valence-electron chi connectivity index (χ3n) is 5.58. The smallest absolute Gasteiger partial charge is 0.405 e. The summed E-state index contributed by atoms with van der Waals surface area (Å²) >= 11 is 3.47. The molecule has 1 heterocycles. The van der Waals surface area contributed by atoms with Crippen molar-refractivity contribution in [1.82, 2.24) is 0 Å². The Balaban J connectivity index is 1.73. The molecule has 3 saturated carbocycles. The molecule has 0 spiro atoms. The van der Waals surface area contributed by atoms with Crippen molar-refractivity contribution in [3.63, 3.8) is 0 Å². The van der Waals surface area contributed by atoms with Gasteiger partial charge in [-0.05, 0) is 49.8 Å². The topological polar surface area (TPSA) is 18.5 Å². The van der Waals surface area contributed by atoms with E-state index >= 15 is 0 Å². The third kappa shape index (κ3) is 1.67. The van der Waals surface area contributed by atoms with Crippen LogP contribution in [0.1, 0.15) is 40.0 Å². The Morgan fingerprint density at radius 2 is 2.06 bits per heavy atom. The first-order chi connectivity index (χ1) is 7.98. The zero-order valence-electron chi connectivity index (χ0n) is 11.0. The molecule has 17 heavy (non-hydrogen) atoms. The summed E-state index contributed by atoms with van der Waals surface area (Å²) in [5.74, 6) is 1.54. The Bertz CT molecular complexity index is 323. The van der Waals surface area contributed by atoms with Gasteiger partial charge in [0.1, 0.15) is 0 Å². The summed E-state index contributed by atoms with van der Waals surface area (Å²) in [5.41, 5.74) is 0.439. The normalized spacial score (nSPS) is 46.6. The van der Waals surface area contributed by atoms with E-state index in [4.69, 9.17) is 9.31 Å². The fourth-order valence-electron chi connectivity index (χ4n) is 4.32. The van der Waals surface area contributed by atoms with Crippen LogP contribution in [-0.4, -0.2) is 24.2 Å². The predicted molar refractivity (Wildman–Crippen MR) is 73.3 cm³/mol. The molecule has 4 heteroatoms. The third-order valence-corrected chi connectivity index (χ3v) is 6.14. The fraction of sp³-hybridized carbons (Fsp3) is 1.00. The highest BCUT2D eigenvalue weighted by Gasteiger charge is 2.67. The highest BCUT2D eigenvalue weighted by atomic mass is 79.9. The molecular weight excluding hydrogens is 279 g/mol. The maximum Gasteiger partial charge on any atom is 0.457 e. The van der Waals surface area contributed by atoms with Gasteiger partial charge in [-0.15, -0.1) is 0 Å². The lowest BCUT2D eigenvalue weighted by atomic mass is 9.43. The maximum absolute atomic E-state index is 6.30. The number of halogens is 1.